The van der Waals surface area contributed by atoms with Gasteiger partial charge in [0, 0.05) is 41.4 Å². The van der Waals surface area contributed by atoms with Crippen LogP contribution in [-0.2, 0) is 22.6 Å². The predicted octanol–water partition coefficient (Wildman–Crippen LogP) is 5.74. The molecule has 0 bridgehead atoms. The van der Waals surface area contributed by atoms with E-state index in [-0.39, 0.29) is 31.3 Å². The van der Waals surface area contributed by atoms with Crippen molar-refractivity contribution < 1.29 is 9.59 Å². The Morgan fingerprint density at radius 2 is 1.64 bits per heavy atom. The van der Waals surface area contributed by atoms with Crippen LogP contribution >= 0.6 is 22.9 Å². The fourth-order valence-corrected chi connectivity index (χ4v) is 4.58. The summed E-state index contributed by atoms with van der Waals surface area (Å²) in [7, 11) is 3.92. The molecule has 6 nitrogen and oxygen atoms in total. The van der Waals surface area contributed by atoms with Crippen LogP contribution in [0.4, 0.5) is 11.4 Å². The summed E-state index contributed by atoms with van der Waals surface area (Å²) in [5.74, 6) is -0.397. The van der Waals surface area contributed by atoms with Gasteiger partial charge in [0.15, 0.2) is 0 Å². The maximum absolute atomic E-state index is 13.2. The van der Waals surface area contributed by atoms with Crippen molar-refractivity contribution in [1.82, 2.24) is 9.88 Å². The van der Waals surface area contributed by atoms with E-state index in [9.17, 15) is 9.59 Å². The molecule has 1 heterocycles. The quantitative estimate of drug-likeness (QED) is 0.307. The second-order valence-electron chi connectivity index (χ2n) is 8.54. The van der Waals surface area contributed by atoms with E-state index in [1.807, 2.05) is 103 Å². The standard InChI is InChI=1S/C28H27ClN4O2S/c1-32(2)24-14-12-23(13-15-24)30-26(34)17-33(28(35)16-20-6-4-3-5-7-20)18-27-31-25(19-36-27)21-8-10-22(29)11-9-21/h3-15,19H,16-18H2,1-2H3,(H,30,34). The lowest BCUT2D eigenvalue weighted by atomic mass is 10.1. The number of thiazole rings is 1. The van der Waals surface area contributed by atoms with Gasteiger partial charge in [0.25, 0.3) is 0 Å². The minimum atomic E-state index is -0.261. The first-order valence-electron chi connectivity index (χ1n) is 11.5. The Bertz CT molecular complexity index is 1310. The molecule has 8 heteroatoms. The third-order valence-corrected chi connectivity index (χ3v) is 6.66. The van der Waals surface area contributed by atoms with E-state index >= 15 is 0 Å². The van der Waals surface area contributed by atoms with Gasteiger partial charge in [-0.3, -0.25) is 9.59 Å². The maximum Gasteiger partial charge on any atom is 0.244 e. The number of hydrogen-bond acceptors (Lipinski definition) is 5. The Morgan fingerprint density at radius 1 is 0.944 bits per heavy atom. The number of rotatable bonds is 9. The summed E-state index contributed by atoms with van der Waals surface area (Å²) in [6, 6.07) is 24.6. The molecule has 0 aliphatic carbocycles. The number of anilines is 2. The van der Waals surface area contributed by atoms with Crippen molar-refractivity contribution in [3.05, 3.63) is 99.8 Å². The summed E-state index contributed by atoms with van der Waals surface area (Å²) in [5.41, 5.74) is 4.37. The molecular weight excluding hydrogens is 492 g/mol. The Labute approximate surface area is 220 Å². The molecule has 184 valence electrons. The van der Waals surface area contributed by atoms with E-state index in [1.165, 1.54) is 11.3 Å². The second kappa shape index (κ2) is 11.8. The molecule has 0 unspecified atom stereocenters. The molecule has 0 aliphatic heterocycles. The molecule has 1 aromatic heterocycles. The highest BCUT2D eigenvalue weighted by molar-refractivity contribution is 7.09. The predicted molar refractivity (Wildman–Crippen MR) is 148 cm³/mol. The smallest absolute Gasteiger partial charge is 0.244 e. The van der Waals surface area contributed by atoms with Crippen molar-refractivity contribution >= 4 is 46.1 Å². The van der Waals surface area contributed by atoms with Gasteiger partial charge in [0.2, 0.25) is 11.8 Å². The number of carbonyl (C=O) groups is 2. The van der Waals surface area contributed by atoms with Crippen LogP contribution in [0, 0.1) is 0 Å². The van der Waals surface area contributed by atoms with Crippen LogP contribution in [0.15, 0.2) is 84.2 Å². The van der Waals surface area contributed by atoms with Gasteiger partial charge >= 0.3 is 0 Å². The van der Waals surface area contributed by atoms with Gasteiger partial charge in [-0.2, -0.15) is 0 Å². The van der Waals surface area contributed by atoms with Crippen LogP contribution in [0.1, 0.15) is 10.6 Å². The average Bonchev–Trinajstić information content (AvgIpc) is 3.33. The first-order chi connectivity index (χ1) is 17.4. The molecule has 0 atom stereocenters. The monoisotopic (exact) mass is 518 g/mol. The van der Waals surface area contributed by atoms with E-state index in [0.717, 1.165) is 27.5 Å². The summed E-state index contributed by atoms with van der Waals surface area (Å²) in [6.45, 7) is 0.174. The summed E-state index contributed by atoms with van der Waals surface area (Å²) < 4.78 is 0. The molecule has 2 amide bonds. The zero-order chi connectivity index (χ0) is 25.5. The van der Waals surface area contributed by atoms with E-state index in [0.29, 0.717) is 10.7 Å². The van der Waals surface area contributed by atoms with Gasteiger partial charge in [0.1, 0.15) is 11.6 Å². The third-order valence-electron chi connectivity index (χ3n) is 5.57. The summed E-state index contributed by atoms with van der Waals surface area (Å²) in [4.78, 5) is 34.4. The molecule has 0 spiro atoms. The number of hydrogen-bond donors (Lipinski definition) is 1. The van der Waals surface area contributed by atoms with Crippen molar-refractivity contribution in [2.75, 3.05) is 30.9 Å². The van der Waals surface area contributed by atoms with Gasteiger partial charge < -0.3 is 15.1 Å². The maximum atomic E-state index is 13.2. The SMILES string of the molecule is CN(C)c1ccc(NC(=O)CN(Cc2nc(-c3ccc(Cl)cc3)cs2)C(=O)Cc2ccccc2)cc1. The molecular formula is C28H27ClN4O2S. The molecule has 0 fully saturated rings. The number of amides is 2. The van der Waals surface area contributed by atoms with Crippen molar-refractivity contribution in [3.63, 3.8) is 0 Å². The van der Waals surface area contributed by atoms with Crippen LogP contribution in [-0.4, -0.2) is 42.3 Å². The topological polar surface area (TPSA) is 65.5 Å². The molecule has 0 saturated heterocycles. The van der Waals surface area contributed by atoms with E-state index in [2.05, 4.69) is 5.32 Å². The molecule has 0 aliphatic rings. The van der Waals surface area contributed by atoms with Crippen molar-refractivity contribution in [1.29, 1.82) is 0 Å². The van der Waals surface area contributed by atoms with Gasteiger partial charge in [-0.1, -0.05) is 54.1 Å². The summed E-state index contributed by atoms with van der Waals surface area (Å²) in [6.07, 6.45) is 0.209. The fourth-order valence-electron chi connectivity index (χ4n) is 3.63. The lowest BCUT2D eigenvalue weighted by molar-refractivity contribution is -0.134. The zero-order valence-corrected chi connectivity index (χ0v) is 21.7. The summed E-state index contributed by atoms with van der Waals surface area (Å²) in [5, 5.41) is 6.26. The lowest BCUT2D eigenvalue weighted by Gasteiger charge is -2.21. The molecule has 1 N–H and O–H groups in total. The van der Waals surface area contributed by atoms with Crippen LogP contribution in [0.2, 0.25) is 5.02 Å². The third kappa shape index (κ3) is 6.93. The number of nitrogens with zero attached hydrogens (tertiary/aromatic N) is 3. The Balaban J connectivity index is 1.48. The molecule has 0 saturated carbocycles. The Kier molecular flexibility index (Phi) is 8.36. The largest absolute Gasteiger partial charge is 0.378 e. The van der Waals surface area contributed by atoms with E-state index in [1.54, 1.807) is 4.90 Å². The molecule has 36 heavy (non-hydrogen) atoms. The Morgan fingerprint density at radius 3 is 2.31 bits per heavy atom. The van der Waals surface area contributed by atoms with Crippen LogP contribution in [0.3, 0.4) is 0 Å². The second-order valence-corrected chi connectivity index (χ2v) is 9.91. The molecule has 0 radical (unpaired) electrons. The first kappa shape index (κ1) is 25.4. The minimum Gasteiger partial charge on any atom is -0.378 e. The molecule has 3 aromatic carbocycles. The van der Waals surface area contributed by atoms with Crippen molar-refractivity contribution in [3.8, 4) is 11.3 Å². The molecule has 4 aromatic rings. The van der Waals surface area contributed by atoms with E-state index in [4.69, 9.17) is 16.6 Å². The van der Waals surface area contributed by atoms with Gasteiger partial charge in [0.05, 0.1) is 18.7 Å². The highest BCUT2D eigenvalue weighted by Crippen LogP contribution is 2.24. The molecule has 4 rings (SSSR count). The van der Waals surface area contributed by atoms with Crippen molar-refractivity contribution in [2.24, 2.45) is 0 Å². The highest BCUT2D eigenvalue weighted by atomic mass is 35.5. The fraction of sp³-hybridized carbons (Fsp3) is 0.179. The normalized spacial score (nSPS) is 10.6. The van der Waals surface area contributed by atoms with Crippen LogP contribution in [0.25, 0.3) is 11.3 Å². The first-order valence-corrected chi connectivity index (χ1v) is 12.7. The number of aromatic nitrogens is 1. The number of benzene rings is 3. The van der Waals surface area contributed by atoms with E-state index < -0.39 is 0 Å². The van der Waals surface area contributed by atoms with Crippen LogP contribution in [0.5, 0.6) is 0 Å². The van der Waals surface area contributed by atoms with Crippen LogP contribution < -0.4 is 10.2 Å². The number of nitrogens with one attached hydrogen (secondary N) is 1. The van der Waals surface area contributed by atoms with Gasteiger partial charge in [-0.25, -0.2) is 4.98 Å². The number of carbonyl (C=O) groups excluding carboxylic acids is 2. The zero-order valence-electron chi connectivity index (χ0n) is 20.1. The minimum absolute atomic E-state index is 0.0725. The van der Waals surface area contributed by atoms with Gasteiger partial charge in [-0.15, -0.1) is 11.3 Å². The number of halogens is 1. The Hall–Kier alpha value is -3.68. The average molecular weight is 519 g/mol. The lowest BCUT2D eigenvalue weighted by Crippen LogP contribution is -2.38. The van der Waals surface area contributed by atoms with Crippen molar-refractivity contribution in [2.45, 2.75) is 13.0 Å². The summed E-state index contributed by atoms with van der Waals surface area (Å²) >= 11 is 7.46. The highest BCUT2D eigenvalue weighted by Gasteiger charge is 2.20. The van der Waals surface area contributed by atoms with Gasteiger partial charge in [-0.05, 0) is 42.0 Å².